The summed E-state index contributed by atoms with van der Waals surface area (Å²) < 4.78 is 0. The van der Waals surface area contributed by atoms with Crippen molar-refractivity contribution in [3.8, 4) is 0 Å². The third-order valence-corrected chi connectivity index (χ3v) is 3.90. The number of aromatic nitrogens is 1. The Morgan fingerprint density at radius 1 is 1.50 bits per heavy atom. The van der Waals surface area contributed by atoms with Gasteiger partial charge >= 0.3 is 0 Å². The summed E-state index contributed by atoms with van der Waals surface area (Å²) in [5.74, 6) is 0.715. The van der Waals surface area contributed by atoms with Crippen molar-refractivity contribution in [2.24, 2.45) is 5.41 Å². The Morgan fingerprint density at radius 2 is 2.25 bits per heavy atom. The summed E-state index contributed by atoms with van der Waals surface area (Å²) in [6.07, 6.45) is 5.16. The lowest BCUT2D eigenvalue weighted by Gasteiger charge is -2.41. The van der Waals surface area contributed by atoms with Crippen LogP contribution in [0.25, 0.3) is 0 Å². The van der Waals surface area contributed by atoms with Crippen molar-refractivity contribution >= 4 is 23.1 Å². The van der Waals surface area contributed by atoms with Crippen LogP contribution in [-0.2, 0) is 0 Å². The van der Waals surface area contributed by atoms with Crippen LogP contribution in [0.1, 0.15) is 32.6 Å². The summed E-state index contributed by atoms with van der Waals surface area (Å²) in [5.41, 5.74) is 6.95. The van der Waals surface area contributed by atoms with Gasteiger partial charge in [0.25, 0.3) is 0 Å². The van der Waals surface area contributed by atoms with E-state index in [1.807, 2.05) is 0 Å². The van der Waals surface area contributed by atoms with Gasteiger partial charge in [0.15, 0.2) is 5.82 Å². The predicted molar refractivity (Wildman–Crippen MR) is 68.7 cm³/mol. The largest absolute Gasteiger partial charge is 0.396 e. The van der Waals surface area contributed by atoms with Crippen LogP contribution < -0.4 is 11.1 Å². The highest BCUT2D eigenvalue weighted by Gasteiger charge is 2.34. The van der Waals surface area contributed by atoms with E-state index in [4.69, 9.17) is 17.3 Å². The number of hydrogen-bond donors (Lipinski definition) is 2. The van der Waals surface area contributed by atoms with E-state index in [1.54, 1.807) is 12.1 Å². The Kier molecular flexibility index (Phi) is 3.24. The van der Waals surface area contributed by atoms with E-state index in [9.17, 15) is 0 Å². The molecule has 1 aliphatic rings. The van der Waals surface area contributed by atoms with E-state index in [1.165, 1.54) is 25.7 Å². The molecule has 0 unspecified atom stereocenters. The predicted octanol–water partition coefficient (Wildman–Crippen LogP) is 3.31. The summed E-state index contributed by atoms with van der Waals surface area (Å²) in [6, 6.07) is 3.50. The molecule has 0 saturated heterocycles. The van der Waals surface area contributed by atoms with Gasteiger partial charge in [0.1, 0.15) is 5.15 Å². The van der Waals surface area contributed by atoms with Crippen LogP contribution in [0.3, 0.4) is 0 Å². The molecule has 2 rings (SSSR count). The highest BCUT2D eigenvalue weighted by Crippen LogP contribution is 2.43. The van der Waals surface area contributed by atoms with Gasteiger partial charge in [-0.3, -0.25) is 0 Å². The maximum Gasteiger partial charge on any atom is 0.150 e. The molecule has 3 N–H and O–H groups in total. The third kappa shape index (κ3) is 2.24. The first-order chi connectivity index (χ1) is 7.65. The van der Waals surface area contributed by atoms with Gasteiger partial charge in [-0.25, -0.2) is 4.98 Å². The normalized spacial score (nSPS) is 17.9. The molecule has 1 heterocycles. The quantitative estimate of drug-likeness (QED) is 0.793. The summed E-state index contributed by atoms with van der Waals surface area (Å²) in [4.78, 5) is 4.20. The molecule has 0 aromatic carbocycles. The van der Waals surface area contributed by atoms with Crippen LogP contribution in [0, 0.1) is 5.41 Å². The lowest BCUT2D eigenvalue weighted by Crippen LogP contribution is -2.36. The molecule has 0 spiro atoms. The Hall–Kier alpha value is -0.960. The fourth-order valence-electron chi connectivity index (χ4n) is 2.19. The molecule has 3 nitrogen and oxygen atoms in total. The maximum atomic E-state index is 5.84. The molecular formula is C12H18ClN3. The number of nitrogens with one attached hydrogen (secondary N) is 1. The standard InChI is InChI=1S/C12H18ClN3/c1-2-12(6-3-7-12)8-15-11-9(14)4-5-10(13)16-11/h4-5H,2-3,6-8,14H2,1H3,(H,15,16). The average molecular weight is 240 g/mol. The van der Waals surface area contributed by atoms with Crippen molar-refractivity contribution < 1.29 is 0 Å². The van der Waals surface area contributed by atoms with Gasteiger partial charge in [-0.15, -0.1) is 0 Å². The van der Waals surface area contributed by atoms with Crippen LogP contribution in [0.5, 0.6) is 0 Å². The number of pyridine rings is 1. The Bertz CT molecular complexity index is 369. The number of nitrogens with zero attached hydrogens (tertiary/aromatic N) is 1. The van der Waals surface area contributed by atoms with Crippen LogP contribution in [-0.4, -0.2) is 11.5 Å². The Balaban J connectivity index is 2.01. The fourth-order valence-corrected chi connectivity index (χ4v) is 2.34. The van der Waals surface area contributed by atoms with Crippen molar-refractivity contribution in [3.63, 3.8) is 0 Å². The molecule has 0 radical (unpaired) electrons. The second-order valence-corrected chi connectivity index (χ2v) is 5.02. The average Bonchev–Trinajstić information content (AvgIpc) is 2.22. The van der Waals surface area contributed by atoms with E-state index in [0.29, 0.717) is 22.1 Å². The van der Waals surface area contributed by atoms with Crippen LogP contribution in [0.2, 0.25) is 5.15 Å². The van der Waals surface area contributed by atoms with Crippen molar-refractivity contribution in [1.29, 1.82) is 0 Å². The number of hydrogen-bond acceptors (Lipinski definition) is 3. The number of halogens is 1. The minimum atomic E-state index is 0.455. The van der Waals surface area contributed by atoms with Crippen molar-refractivity contribution in [1.82, 2.24) is 4.98 Å². The molecule has 88 valence electrons. The Labute approximate surface area is 101 Å². The zero-order valence-electron chi connectivity index (χ0n) is 9.59. The third-order valence-electron chi connectivity index (χ3n) is 3.69. The Morgan fingerprint density at radius 3 is 2.81 bits per heavy atom. The minimum absolute atomic E-state index is 0.455. The van der Waals surface area contributed by atoms with Crippen LogP contribution >= 0.6 is 11.6 Å². The highest BCUT2D eigenvalue weighted by molar-refractivity contribution is 6.29. The van der Waals surface area contributed by atoms with E-state index in [2.05, 4.69) is 17.2 Å². The lowest BCUT2D eigenvalue weighted by molar-refractivity contribution is 0.145. The molecule has 1 aromatic heterocycles. The molecule has 16 heavy (non-hydrogen) atoms. The topological polar surface area (TPSA) is 50.9 Å². The first-order valence-electron chi connectivity index (χ1n) is 5.81. The lowest BCUT2D eigenvalue weighted by atomic mass is 9.67. The van der Waals surface area contributed by atoms with E-state index < -0.39 is 0 Å². The second kappa shape index (κ2) is 4.50. The monoisotopic (exact) mass is 239 g/mol. The number of nitrogens with two attached hydrogens (primary N) is 1. The highest BCUT2D eigenvalue weighted by atomic mass is 35.5. The van der Waals surface area contributed by atoms with Gasteiger partial charge in [-0.1, -0.05) is 24.9 Å². The smallest absolute Gasteiger partial charge is 0.150 e. The molecule has 0 amide bonds. The van der Waals surface area contributed by atoms with E-state index >= 15 is 0 Å². The number of rotatable bonds is 4. The van der Waals surface area contributed by atoms with E-state index in [0.717, 1.165) is 6.54 Å². The van der Waals surface area contributed by atoms with Crippen molar-refractivity contribution in [3.05, 3.63) is 17.3 Å². The van der Waals surface area contributed by atoms with Gasteiger partial charge in [-0.2, -0.15) is 0 Å². The zero-order chi connectivity index (χ0) is 11.6. The molecule has 1 fully saturated rings. The van der Waals surface area contributed by atoms with Gasteiger partial charge in [0.05, 0.1) is 5.69 Å². The van der Waals surface area contributed by atoms with Crippen LogP contribution in [0.4, 0.5) is 11.5 Å². The first-order valence-corrected chi connectivity index (χ1v) is 6.19. The number of nitrogen functional groups attached to an aromatic ring is 1. The summed E-state index contributed by atoms with van der Waals surface area (Å²) >= 11 is 5.84. The summed E-state index contributed by atoms with van der Waals surface area (Å²) in [6.45, 7) is 3.19. The van der Waals surface area contributed by atoms with Gasteiger partial charge in [-0.05, 0) is 36.8 Å². The SMILES string of the molecule is CCC1(CNc2nc(Cl)ccc2N)CCC1. The fraction of sp³-hybridized carbons (Fsp3) is 0.583. The molecule has 0 aliphatic heterocycles. The van der Waals surface area contributed by atoms with Gasteiger partial charge < -0.3 is 11.1 Å². The molecule has 0 bridgehead atoms. The summed E-state index contributed by atoms with van der Waals surface area (Å²) in [7, 11) is 0. The minimum Gasteiger partial charge on any atom is -0.396 e. The van der Waals surface area contributed by atoms with Crippen LogP contribution in [0.15, 0.2) is 12.1 Å². The van der Waals surface area contributed by atoms with Gasteiger partial charge in [0.2, 0.25) is 0 Å². The first kappa shape index (κ1) is 11.5. The van der Waals surface area contributed by atoms with Crippen molar-refractivity contribution in [2.45, 2.75) is 32.6 Å². The van der Waals surface area contributed by atoms with Gasteiger partial charge in [0, 0.05) is 6.54 Å². The second-order valence-electron chi connectivity index (χ2n) is 4.63. The zero-order valence-corrected chi connectivity index (χ0v) is 10.3. The van der Waals surface area contributed by atoms with Crippen molar-refractivity contribution in [2.75, 3.05) is 17.6 Å². The molecule has 1 aliphatic carbocycles. The molecule has 1 aromatic rings. The summed E-state index contributed by atoms with van der Waals surface area (Å²) in [5, 5.41) is 3.81. The number of anilines is 2. The van der Waals surface area contributed by atoms with E-state index in [-0.39, 0.29) is 0 Å². The maximum absolute atomic E-state index is 5.84. The molecular weight excluding hydrogens is 222 g/mol. The molecule has 0 atom stereocenters. The molecule has 1 saturated carbocycles. The molecule has 4 heteroatoms.